The maximum atomic E-state index is 12.2. The lowest BCUT2D eigenvalue weighted by molar-refractivity contribution is 0.0950. The Morgan fingerprint density at radius 2 is 2.14 bits per heavy atom. The van der Waals surface area contributed by atoms with Crippen LogP contribution in [0.2, 0.25) is 0 Å². The SMILES string of the molecule is O=C(NCCCn1nnc2ccccc21)c1cnc(Cn2cncn2)[nH]c1=O. The van der Waals surface area contributed by atoms with Gasteiger partial charge in [0.1, 0.15) is 36.1 Å². The number of aryl methyl sites for hydroxylation is 1. The van der Waals surface area contributed by atoms with E-state index < -0.39 is 11.5 Å². The van der Waals surface area contributed by atoms with E-state index in [4.69, 9.17) is 0 Å². The molecule has 11 heteroatoms. The summed E-state index contributed by atoms with van der Waals surface area (Å²) in [5, 5.41) is 14.9. The number of hydrogen-bond acceptors (Lipinski definition) is 7. The average molecular weight is 379 g/mol. The van der Waals surface area contributed by atoms with Gasteiger partial charge in [-0.25, -0.2) is 19.3 Å². The van der Waals surface area contributed by atoms with Crippen molar-refractivity contribution in [2.75, 3.05) is 6.54 Å². The van der Waals surface area contributed by atoms with Crippen LogP contribution in [0, 0.1) is 0 Å². The van der Waals surface area contributed by atoms with Crippen molar-refractivity contribution in [2.24, 2.45) is 0 Å². The quantitative estimate of drug-likeness (QED) is 0.430. The van der Waals surface area contributed by atoms with Crippen molar-refractivity contribution in [2.45, 2.75) is 19.5 Å². The summed E-state index contributed by atoms with van der Waals surface area (Å²) < 4.78 is 3.31. The number of benzene rings is 1. The third-order valence-corrected chi connectivity index (χ3v) is 4.13. The fraction of sp³-hybridized carbons (Fsp3) is 0.235. The van der Waals surface area contributed by atoms with Crippen molar-refractivity contribution in [3.8, 4) is 0 Å². The summed E-state index contributed by atoms with van der Waals surface area (Å²) in [6.07, 6.45) is 4.82. The van der Waals surface area contributed by atoms with Crippen molar-refractivity contribution < 1.29 is 4.79 Å². The first-order chi connectivity index (χ1) is 13.7. The molecule has 1 aromatic carbocycles. The fourth-order valence-corrected chi connectivity index (χ4v) is 2.75. The number of fused-ring (bicyclic) bond motifs is 1. The molecule has 0 radical (unpaired) electrons. The molecule has 0 atom stereocenters. The van der Waals surface area contributed by atoms with E-state index in [1.807, 2.05) is 24.3 Å². The topological polar surface area (TPSA) is 136 Å². The van der Waals surface area contributed by atoms with Crippen LogP contribution >= 0.6 is 0 Å². The summed E-state index contributed by atoms with van der Waals surface area (Å²) in [5.74, 6) is -0.0744. The molecule has 4 aromatic rings. The number of carbonyl (C=O) groups excluding carboxylic acids is 1. The highest BCUT2D eigenvalue weighted by Crippen LogP contribution is 2.09. The molecule has 0 fully saturated rings. The van der Waals surface area contributed by atoms with Gasteiger partial charge >= 0.3 is 0 Å². The van der Waals surface area contributed by atoms with Crippen LogP contribution in [0.25, 0.3) is 11.0 Å². The number of nitrogens with one attached hydrogen (secondary N) is 2. The zero-order chi connectivity index (χ0) is 19.3. The van der Waals surface area contributed by atoms with E-state index in [1.54, 1.807) is 4.68 Å². The van der Waals surface area contributed by atoms with Crippen LogP contribution in [0.1, 0.15) is 22.6 Å². The van der Waals surface area contributed by atoms with Gasteiger partial charge in [0.2, 0.25) is 0 Å². The van der Waals surface area contributed by atoms with E-state index in [2.05, 4.69) is 35.7 Å². The second-order valence-electron chi connectivity index (χ2n) is 6.08. The summed E-state index contributed by atoms with van der Waals surface area (Å²) in [7, 11) is 0. The number of rotatable bonds is 7. The van der Waals surface area contributed by atoms with Crippen LogP contribution in [0.4, 0.5) is 0 Å². The second kappa shape index (κ2) is 7.78. The van der Waals surface area contributed by atoms with Gasteiger partial charge in [0.25, 0.3) is 11.5 Å². The Morgan fingerprint density at radius 3 is 2.96 bits per heavy atom. The molecule has 1 amide bonds. The largest absolute Gasteiger partial charge is 0.352 e. The molecule has 3 heterocycles. The molecule has 142 valence electrons. The molecule has 0 saturated carbocycles. The maximum Gasteiger partial charge on any atom is 0.263 e. The summed E-state index contributed by atoms with van der Waals surface area (Å²) in [6, 6.07) is 7.67. The van der Waals surface area contributed by atoms with Crippen LogP contribution in [0.15, 0.2) is 47.9 Å². The maximum absolute atomic E-state index is 12.2. The number of nitrogens with zero attached hydrogens (tertiary/aromatic N) is 7. The first-order valence-electron chi connectivity index (χ1n) is 8.68. The zero-order valence-corrected chi connectivity index (χ0v) is 14.8. The molecule has 28 heavy (non-hydrogen) atoms. The van der Waals surface area contributed by atoms with Crippen LogP contribution in [-0.2, 0) is 13.1 Å². The van der Waals surface area contributed by atoms with Gasteiger partial charge in [-0.05, 0) is 18.6 Å². The van der Waals surface area contributed by atoms with Gasteiger partial charge in [0.15, 0.2) is 0 Å². The second-order valence-corrected chi connectivity index (χ2v) is 6.08. The lowest BCUT2D eigenvalue weighted by Crippen LogP contribution is -2.31. The summed E-state index contributed by atoms with van der Waals surface area (Å²) >= 11 is 0. The van der Waals surface area contributed by atoms with Gasteiger partial charge in [0, 0.05) is 19.3 Å². The molecule has 0 spiro atoms. The predicted octanol–water partition coefficient (Wildman–Crippen LogP) is -0.0255. The van der Waals surface area contributed by atoms with Crippen molar-refractivity contribution in [3.63, 3.8) is 0 Å². The van der Waals surface area contributed by atoms with Crippen LogP contribution in [0.5, 0.6) is 0 Å². The summed E-state index contributed by atoms with van der Waals surface area (Å²) in [4.78, 5) is 34.9. The summed E-state index contributed by atoms with van der Waals surface area (Å²) in [5.41, 5.74) is 1.24. The minimum atomic E-state index is -0.495. The number of para-hydroxylation sites is 1. The van der Waals surface area contributed by atoms with Crippen molar-refractivity contribution in [3.05, 3.63) is 64.9 Å². The van der Waals surface area contributed by atoms with Crippen molar-refractivity contribution in [1.29, 1.82) is 0 Å². The zero-order valence-electron chi connectivity index (χ0n) is 14.8. The van der Waals surface area contributed by atoms with E-state index in [9.17, 15) is 9.59 Å². The number of amides is 1. The monoisotopic (exact) mass is 379 g/mol. The highest BCUT2D eigenvalue weighted by molar-refractivity contribution is 5.93. The van der Waals surface area contributed by atoms with E-state index in [0.29, 0.717) is 25.3 Å². The van der Waals surface area contributed by atoms with Crippen molar-refractivity contribution in [1.82, 2.24) is 45.0 Å². The van der Waals surface area contributed by atoms with Gasteiger partial charge in [0.05, 0.1) is 5.52 Å². The molecule has 0 aliphatic heterocycles. The van der Waals surface area contributed by atoms with Gasteiger partial charge in [-0.1, -0.05) is 17.3 Å². The minimum absolute atomic E-state index is 0.0338. The molecule has 0 aliphatic carbocycles. The summed E-state index contributed by atoms with van der Waals surface area (Å²) in [6.45, 7) is 1.27. The predicted molar refractivity (Wildman–Crippen MR) is 98.5 cm³/mol. The highest BCUT2D eigenvalue weighted by atomic mass is 16.2. The Hall–Kier alpha value is -3.89. The van der Waals surface area contributed by atoms with Crippen LogP contribution < -0.4 is 10.9 Å². The average Bonchev–Trinajstić information content (AvgIpc) is 3.35. The van der Waals surface area contributed by atoms with Crippen LogP contribution in [-0.4, -0.2) is 52.2 Å². The first-order valence-corrected chi connectivity index (χ1v) is 8.68. The Labute approximate surface area is 158 Å². The molecule has 0 aliphatic rings. The van der Waals surface area contributed by atoms with Gasteiger partial charge in [-0.15, -0.1) is 5.10 Å². The lowest BCUT2D eigenvalue weighted by atomic mass is 10.3. The van der Waals surface area contributed by atoms with Crippen LogP contribution in [0.3, 0.4) is 0 Å². The lowest BCUT2D eigenvalue weighted by Gasteiger charge is -2.06. The van der Waals surface area contributed by atoms with Crippen molar-refractivity contribution >= 4 is 16.9 Å². The molecule has 2 N–H and O–H groups in total. The van der Waals surface area contributed by atoms with E-state index >= 15 is 0 Å². The Kier molecular flexibility index (Phi) is 4.87. The number of carbonyl (C=O) groups is 1. The first kappa shape index (κ1) is 17.5. The molecule has 0 saturated heterocycles. The number of aromatic amines is 1. The third kappa shape index (κ3) is 3.77. The Morgan fingerprint density at radius 1 is 1.25 bits per heavy atom. The molecule has 0 unspecified atom stereocenters. The minimum Gasteiger partial charge on any atom is -0.352 e. The number of aromatic nitrogens is 8. The Balaban J connectivity index is 1.31. The molecule has 0 bridgehead atoms. The van der Waals surface area contributed by atoms with Gasteiger partial charge < -0.3 is 10.3 Å². The van der Waals surface area contributed by atoms with Gasteiger partial charge in [-0.2, -0.15) is 5.10 Å². The molecular weight excluding hydrogens is 362 g/mol. The molecular formula is C17H17N9O2. The fourth-order valence-electron chi connectivity index (χ4n) is 2.75. The van der Waals surface area contributed by atoms with Gasteiger partial charge in [-0.3, -0.25) is 9.59 Å². The standard InChI is InChI=1S/C17H17N9O2/c27-16(12-8-20-15(22-17(12)28)9-25-11-18-10-21-25)19-6-3-7-26-14-5-2-1-4-13(14)23-24-26/h1-2,4-5,8,10-11H,3,6-7,9H2,(H,19,27)(H,20,22,28). The van der Waals surface area contributed by atoms with E-state index in [0.717, 1.165) is 11.0 Å². The smallest absolute Gasteiger partial charge is 0.263 e. The Bertz CT molecular complexity index is 1150. The van der Waals surface area contributed by atoms with E-state index in [1.165, 1.54) is 23.5 Å². The highest BCUT2D eigenvalue weighted by Gasteiger charge is 2.12. The number of hydrogen-bond donors (Lipinski definition) is 2. The van der Waals surface area contributed by atoms with E-state index in [-0.39, 0.29) is 12.1 Å². The molecule has 11 nitrogen and oxygen atoms in total. The normalized spacial score (nSPS) is 11.0. The third-order valence-electron chi connectivity index (χ3n) is 4.13. The molecule has 4 rings (SSSR count). The number of H-pyrrole nitrogens is 1. The molecule has 3 aromatic heterocycles.